The van der Waals surface area contributed by atoms with Crippen LogP contribution in [0, 0.1) is 0 Å². The maximum atomic E-state index is 5.96. The fourth-order valence-electron chi connectivity index (χ4n) is 1.89. The second-order valence-electron chi connectivity index (χ2n) is 3.80. The monoisotopic (exact) mass is 636 g/mol. The summed E-state index contributed by atoms with van der Waals surface area (Å²) in [6.45, 7) is 0. The molecule has 0 amide bonds. The second kappa shape index (κ2) is 5.39. The summed E-state index contributed by atoms with van der Waals surface area (Å²) in [5.41, 5.74) is 1.63. The summed E-state index contributed by atoms with van der Waals surface area (Å²) in [5.74, 6) is 0. The van der Waals surface area contributed by atoms with Crippen LogP contribution < -0.4 is 0 Å². The van der Waals surface area contributed by atoms with Crippen LogP contribution in [-0.2, 0) is 0 Å². The Morgan fingerprint density at radius 1 is 0.632 bits per heavy atom. The largest absolute Gasteiger partial charge is 0.455 e. The molecule has 0 spiro atoms. The van der Waals surface area contributed by atoms with E-state index in [0.29, 0.717) is 0 Å². The van der Waals surface area contributed by atoms with Gasteiger partial charge in [-0.15, -0.1) is 0 Å². The fraction of sp³-hybridized carbons (Fsp3) is 0. The van der Waals surface area contributed by atoms with Gasteiger partial charge in [-0.1, -0.05) is 0 Å². The van der Waals surface area contributed by atoms with E-state index in [1.54, 1.807) is 0 Å². The summed E-state index contributed by atoms with van der Waals surface area (Å²) in [5, 5.41) is 2.05. The van der Waals surface area contributed by atoms with Gasteiger partial charge in [0.1, 0.15) is 5.58 Å². The van der Waals surface area contributed by atoms with Crippen molar-refractivity contribution in [1.82, 2.24) is 0 Å². The molecule has 0 aliphatic heterocycles. The Hall–Kier alpha value is 1.12. The number of rotatable bonds is 0. The number of furan rings is 1. The summed E-state index contributed by atoms with van der Waals surface area (Å²) >= 11 is 21.4. The van der Waals surface area contributed by atoms with Crippen LogP contribution in [0.15, 0.2) is 43.4 Å². The third-order valence-electron chi connectivity index (χ3n) is 2.74. The minimum atomic E-state index is 0.802. The van der Waals surface area contributed by atoms with Crippen LogP contribution in [0.2, 0.25) is 0 Å². The normalized spacial score (nSPS) is 11.7. The van der Waals surface area contributed by atoms with Gasteiger partial charge in [-0.05, 0) is 108 Å². The number of benzene rings is 2. The molecule has 7 heteroatoms. The molecule has 0 aliphatic carbocycles. The quantitative estimate of drug-likeness (QED) is 0.178. The lowest BCUT2D eigenvalue weighted by Crippen LogP contribution is -1.80. The predicted molar refractivity (Wildman–Crippen MR) is 99.9 cm³/mol. The molecule has 0 saturated heterocycles. The van der Waals surface area contributed by atoms with Crippen LogP contribution in [0.1, 0.15) is 0 Å². The zero-order valence-electron chi connectivity index (χ0n) is 8.83. The van der Waals surface area contributed by atoms with E-state index in [1.165, 1.54) is 0 Å². The maximum Gasteiger partial charge on any atom is 0.152 e. The van der Waals surface area contributed by atoms with E-state index in [0.717, 1.165) is 48.8 Å². The molecular weight excluding hydrogens is 640 g/mol. The molecule has 98 valence electrons. The van der Waals surface area contributed by atoms with Crippen molar-refractivity contribution in [2.24, 2.45) is 0 Å². The van der Waals surface area contributed by atoms with Gasteiger partial charge >= 0.3 is 0 Å². The molecule has 2 aromatic carbocycles. The van der Waals surface area contributed by atoms with Crippen LogP contribution in [0.3, 0.4) is 0 Å². The fourth-order valence-corrected chi connectivity index (χ4v) is 5.11. The SMILES string of the molecule is Brc1ccc2oc3c(Br)c(Br)c(Br)c(Br)c3c2c1Br. The minimum Gasteiger partial charge on any atom is -0.455 e. The molecule has 1 nitrogen and oxygen atoms in total. The number of fused-ring (bicyclic) bond motifs is 3. The average molecular weight is 642 g/mol. The van der Waals surface area contributed by atoms with Crippen LogP contribution in [0.25, 0.3) is 21.9 Å². The molecule has 1 heterocycles. The average Bonchev–Trinajstić information content (AvgIpc) is 2.78. The maximum absolute atomic E-state index is 5.96. The van der Waals surface area contributed by atoms with Crippen molar-refractivity contribution in [3.8, 4) is 0 Å². The smallest absolute Gasteiger partial charge is 0.152 e. The lowest BCUT2D eigenvalue weighted by molar-refractivity contribution is 0.666. The predicted octanol–water partition coefficient (Wildman–Crippen LogP) is 8.16. The number of hydrogen-bond donors (Lipinski definition) is 0. The molecule has 0 atom stereocenters. The standard InChI is InChI=1S/C12H2Br6O/c13-3-1-2-4-5(7(3)14)6-8(15)9(16)10(17)11(18)12(6)19-4/h1-2H. The van der Waals surface area contributed by atoms with Gasteiger partial charge in [0.25, 0.3) is 0 Å². The molecule has 1 aromatic heterocycles. The molecule has 3 aromatic rings. The highest BCUT2D eigenvalue weighted by Crippen LogP contribution is 2.49. The van der Waals surface area contributed by atoms with Crippen molar-refractivity contribution in [1.29, 1.82) is 0 Å². The Kier molecular flexibility index (Phi) is 4.27. The Balaban J connectivity index is 2.69. The topological polar surface area (TPSA) is 13.1 Å². The first-order chi connectivity index (χ1) is 8.93. The van der Waals surface area contributed by atoms with E-state index >= 15 is 0 Å². The van der Waals surface area contributed by atoms with Gasteiger partial charge in [0.2, 0.25) is 0 Å². The van der Waals surface area contributed by atoms with Gasteiger partial charge < -0.3 is 4.42 Å². The molecule has 0 bridgehead atoms. The van der Waals surface area contributed by atoms with E-state index in [4.69, 9.17) is 4.42 Å². The summed E-state index contributed by atoms with van der Waals surface area (Å²) in [4.78, 5) is 0. The molecule has 0 saturated carbocycles. The third kappa shape index (κ3) is 2.23. The first-order valence-electron chi connectivity index (χ1n) is 4.95. The Labute approximate surface area is 159 Å². The lowest BCUT2D eigenvalue weighted by atomic mass is 10.1. The zero-order chi connectivity index (χ0) is 13.9. The first kappa shape index (κ1) is 15.0. The van der Waals surface area contributed by atoms with Gasteiger partial charge in [-0.3, -0.25) is 0 Å². The van der Waals surface area contributed by atoms with Crippen LogP contribution >= 0.6 is 95.6 Å². The summed E-state index contributed by atoms with van der Waals surface area (Å²) in [6, 6.07) is 3.91. The molecule has 0 N–H and O–H groups in total. The van der Waals surface area contributed by atoms with Crippen molar-refractivity contribution in [3.05, 3.63) is 39.0 Å². The number of halogens is 6. The van der Waals surface area contributed by atoms with Crippen molar-refractivity contribution in [2.45, 2.75) is 0 Å². The molecule has 3 rings (SSSR count). The molecule has 0 aliphatic rings. The highest BCUT2D eigenvalue weighted by atomic mass is 79.9. The van der Waals surface area contributed by atoms with Crippen LogP contribution in [0.4, 0.5) is 0 Å². The third-order valence-corrected chi connectivity index (χ3v) is 9.49. The highest BCUT2D eigenvalue weighted by Gasteiger charge is 2.21. The van der Waals surface area contributed by atoms with Gasteiger partial charge in [-0.25, -0.2) is 0 Å². The summed E-state index contributed by atoms with van der Waals surface area (Å²) in [7, 11) is 0. The van der Waals surface area contributed by atoms with Gasteiger partial charge in [0, 0.05) is 28.7 Å². The van der Waals surface area contributed by atoms with Gasteiger partial charge in [0.05, 0.1) is 8.95 Å². The molecule has 0 radical (unpaired) electrons. The molecular formula is C12H2Br6O. The van der Waals surface area contributed by atoms with Gasteiger partial charge in [-0.2, -0.15) is 0 Å². The zero-order valence-corrected chi connectivity index (χ0v) is 18.3. The van der Waals surface area contributed by atoms with Crippen LogP contribution in [-0.4, -0.2) is 0 Å². The number of hydrogen-bond acceptors (Lipinski definition) is 1. The molecule has 0 fully saturated rings. The van der Waals surface area contributed by atoms with E-state index < -0.39 is 0 Å². The second-order valence-corrected chi connectivity index (χ2v) is 8.62. The molecule has 19 heavy (non-hydrogen) atoms. The summed E-state index contributed by atoms with van der Waals surface area (Å²) < 4.78 is 11.6. The van der Waals surface area contributed by atoms with Crippen molar-refractivity contribution >= 4 is 118 Å². The van der Waals surface area contributed by atoms with Gasteiger partial charge in [0.15, 0.2) is 5.58 Å². The van der Waals surface area contributed by atoms with Crippen LogP contribution in [0.5, 0.6) is 0 Å². The van der Waals surface area contributed by atoms with E-state index in [-0.39, 0.29) is 0 Å². The van der Waals surface area contributed by atoms with Crippen molar-refractivity contribution in [3.63, 3.8) is 0 Å². The van der Waals surface area contributed by atoms with Crippen molar-refractivity contribution < 1.29 is 4.42 Å². The first-order valence-corrected chi connectivity index (χ1v) is 9.71. The lowest BCUT2D eigenvalue weighted by Gasteiger charge is -2.05. The minimum absolute atomic E-state index is 0.802. The van der Waals surface area contributed by atoms with Crippen molar-refractivity contribution in [2.75, 3.05) is 0 Å². The molecule has 0 unspecified atom stereocenters. The Morgan fingerprint density at radius 3 is 1.95 bits per heavy atom. The Bertz CT molecular complexity index is 836. The van der Waals surface area contributed by atoms with E-state index in [9.17, 15) is 0 Å². The van der Waals surface area contributed by atoms with E-state index in [2.05, 4.69) is 95.6 Å². The highest BCUT2D eigenvalue weighted by molar-refractivity contribution is 9.15. The summed E-state index contributed by atoms with van der Waals surface area (Å²) in [6.07, 6.45) is 0. The van der Waals surface area contributed by atoms with E-state index in [1.807, 2.05) is 12.1 Å². The Morgan fingerprint density at radius 2 is 1.26 bits per heavy atom.